The predicted molar refractivity (Wildman–Crippen MR) is 86.3 cm³/mol. The average molecular weight is 317 g/mol. The van der Waals surface area contributed by atoms with Crippen molar-refractivity contribution in [3.05, 3.63) is 30.2 Å². The molecule has 1 atom stereocenters. The third-order valence-corrected chi connectivity index (χ3v) is 4.11. The summed E-state index contributed by atoms with van der Waals surface area (Å²) in [6, 6.07) is 6.26. The van der Waals surface area contributed by atoms with Crippen molar-refractivity contribution >= 4 is 11.7 Å². The van der Waals surface area contributed by atoms with E-state index in [0.717, 1.165) is 50.4 Å². The number of hydrogen-bond donors (Lipinski definition) is 1. The minimum Gasteiger partial charge on any atom is -0.450 e. The van der Waals surface area contributed by atoms with E-state index in [-0.39, 0.29) is 6.09 Å². The summed E-state index contributed by atoms with van der Waals surface area (Å²) in [4.78, 5) is 13.4. The van der Waals surface area contributed by atoms with Crippen LogP contribution in [0.1, 0.15) is 25.6 Å². The smallest absolute Gasteiger partial charge is 0.409 e. The molecule has 3 rings (SSSR count). The lowest BCUT2D eigenvalue weighted by Gasteiger charge is -2.16. The Morgan fingerprint density at radius 2 is 2.35 bits per heavy atom. The topological polar surface area (TPSA) is 71.8 Å². The van der Waals surface area contributed by atoms with E-state index < -0.39 is 0 Å². The number of rotatable bonds is 6. The highest BCUT2D eigenvalue weighted by atomic mass is 16.6. The summed E-state index contributed by atoms with van der Waals surface area (Å²) < 4.78 is 7.06. The molecule has 3 heterocycles. The van der Waals surface area contributed by atoms with Gasteiger partial charge >= 0.3 is 6.09 Å². The number of fused-ring (bicyclic) bond motifs is 1. The van der Waals surface area contributed by atoms with Gasteiger partial charge in [-0.05, 0) is 38.4 Å². The fourth-order valence-corrected chi connectivity index (χ4v) is 2.92. The van der Waals surface area contributed by atoms with E-state index >= 15 is 0 Å². The zero-order chi connectivity index (χ0) is 16.1. The van der Waals surface area contributed by atoms with Gasteiger partial charge in [-0.25, -0.2) is 4.79 Å². The molecule has 0 saturated carbocycles. The molecule has 124 valence electrons. The quantitative estimate of drug-likeness (QED) is 0.817. The van der Waals surface area contributed by atoms with Crippen LogP contribution in [0.15, 0.2) is 24.4 Å². The summed E-state index contributed by atoms with van der Waals surface area (Å²) in [6.45, 7) is 4.67. The lowest BCUT2D eigenvalue weighted by atomic mass is 10.2. The zero-order valence-corrected chi connectivity index (χ0v) is 13.4. The van der Waals surface area contributed by atoms with E-state index in [1.54, 1.807) is 4.90 Å². The Morgan fingerprint density at radius 3 is 3.22 bits per heavy atom. The number of nitrogens with one attached hydrogen (secondary N) is 1. The number of nitrogens with zero attached hydrogens (tertiary/aromatic N) is 4. The lowest BCUT2D eigenvalue weighted by Crippen LogP contribution is -2.36. The Balaban J connectivity index is 1.40. The van der Waals surface area contributed by atoms with E-state index in [4.69, 9.17) is 4.74 Å². The minimum absolute atomic E-state index is 0.202. The van der Waals surface area contributed by atoms with Gasteiger partial charge in [0.25, 0.3) is 0 Å². The molecule has 23 heavy (non-hydrogen) atoms. The molecule has 0 unspecified atom stereocenters. The average Bonchev–Trinajstić information content (AvgIpc) is 3.19. The third-order valence-electron chi connectivity index (χ3n) is 4.11. The summed E-state index contributed by atoms with van der Waals surface area (Å²) in [6.07, 6.45) is 4.64. The molecule has 0 radical (unpaired) electrons. The minimum atomic E-state index is -0.202. The molecule has 1 aliphatic heterocycles. The third kappa shape index (κ3) is 3.79. The highest BCUT2D eigenvalue weighted by Crippen LogP contribution is 2.11. The van der Waals surface area contributed by atoms with Gasteiger partial charge in [-0.2, -0.15) is 0 Å². The number of likely N-dealkylation sites (tertiary alicyclic amines) is 1. The monoisotopic (exact) mass is 317 g/mol. The van der Waals surface area contributed by atoms with Crippen LogP contribution in [-0.4, -0.2) is 57.9 Å². The maximum Gasteiger partial charge on any atom is 0.409 e. The SMILES string of the molecule is CCOC(=O)N1CC[C@@H](NCCCc2nnc3ccccn23)C1. The van der Waals surface area contributed by atoms with E-state index in [1.165, 1.54) is 0 Å². The van der Waals surface area contributed by atoms with Crippen LogP contribution in [0.4, 0.5) is 4.79 Å². The van der Waals surface area contributed by atoms with Crippen LogP contribution < -0.4 is 5.32 Å². The number of carbonyl (C=O) groups is 1. The maximum absolute atomic E-state index is 11.7. The Morgan fingerprint density at radius 1 is 1.43 bits per heavy atom. The molecular weight excluding hydrogens is 294 g/mol. The highest BCUT2D eigenvalue weighted by Gasteiger charge is 2.26. The first-order chi connectivity index (χ1) is 11.3. The number of pyridine rings is 1. The molecule has 1 N–H and O–H groups in total. The second-order valence-electron chi connectivity index (χ2n) is 5.73. The van der Waals surface area contributed by atoms with Gasteiger partial charge in [-0.15, -0.1) is 10.2 Å². The Kier molecular flexibility index (Phi) is 5.07. The van der Waals surface area contributed by atoms with Gasteiger partial charge in [0.15, 0.2) is 5.65 Å². The van der Waals surface area contributed by atoms with Gasteiger partial charge < -0.3 is 15.0 Å². The number of hydrogen-bond acceptors (Lipinski definition) is 5. The van der Waals surface area contributed by atoms with E-state index in [0.29, 0.717) is 12.6 Å². The Bertz CT molecular complexity index is 657. The first-order valence-electron chi connectivity index (χ1n) is 8.21. The standard InChI is InChI=1S/C16H23N5O2/c1-2-23-16(22)20-11-8-13(12-20)17-9-5-7-15-19-18-14-6-3-4-10-21(14)15/h3-4,6,10,13,17H,2,5,7-9,11-12H2,1H3/t13-/m1/s1. The van der Waals surface area contributed by atoms with Gasteiger partial charge in [0, 0.05) is 31.7 Å². The van der Waals surface area contributed by atoms with Crippen molar-refractivity contribution in [3.8, 4) is 0 Å². The normalized spacial score (nSPS) is 17.8. The predicted octanol–water partition coefficient (Wildman–Crippen LogP) is 1.48. The van der Waals surface area contributed by atoms with Crippen molar-refractivity contribution in [1.82, 2.24) is 24.8 Å². The van der Waals surface area contributed by atoms with E-state index in [2.05, 4.69) is 15.5 Å². The number of aryl methyl sites for hydroxylation is 1. The van der Waals surface area contributed by atoms with Crippen molar-refractivity contribution in [2.45, 2.75) is 32.2 Å². The van der Waals surface area contributed by atoms with Crippen molar-refractivity contribution in [2.75, 3.05) is 26.2 Å². The van der Waals surface area contributed by atoms with Crippen LogP contribution >= 0.6 is 0 Å². The van der Waals surface area contributed by atoms with Crippen LogP contribution in [0, 0.1) is 0 Å². The van der Waals surface area contributed by atoms with E-state index in [1.807, 2.05) is 35.7 Å². The van der Waals surface area contributed by atoms with Crippen LogP contribution in [0.5, 0.6) is 0 Å². The summed E-state index contributed by atoms with van der Waals surface area (Å²) in [5, 5.41) is 11.9. The molecule has 0 aromatic carbocycles. The van der Waals surface area contributed by atoms with Gasteiger partial charge in [-0.1, -0.05) is 6.07 Å². The molecule has 7 heteroatoms. The van der Waals surface area contributed by atoms with Crippen LogP contribution in [-0.2, 0) is 11.2 Å². The summed E-state index contributed by atoms with van der Waals surface area (Å²) >= 11 is 0. The molecular formula is C16H23N5O2. The molecule has 2 aromatic heterocycles. The number of amides is 1. The molecule has 1 fully saturated rings. The summed E-state index contributed by atoms with van der Waals surface area (Å²) in [5.41, 5.74) is 0.885. The molecule has 0 spiro atoms. The molecule has 0 bridgehead atoms. The van der Waals surface area contributed by atoms with Gasteiger partial charge in [0.1, 0.15) is 5.82 Å². The van der Waals surface area contributed by atoms with E-state index in [9.17, 15) is 4.79 Å². The van der Waals surface area contributed by atoms with Gasteiger partial charge in [0.2, 0.25) is 0 Å². The highest BCUT2D eigenvalue weighted by molar-refractivity contribution is 5.68. The van der Waals surface area contributed by atoms with Crippen molar-refractivity contribution < 1.29 is 9.53 Å². The van der Waals surface area contributed by atoms with Crippen molar-refractivity contribution in [2.24, 2.45) is 0 Å². The molecule has 0 aliphatic carbocycles. The molecule has 1 aliphatic rings. The second kappa shape index (κ2) is 7.41. The first-order valence-corrected chi connectivity index (χ1v) is 8.21. The fraction of sp³-hybridized carbons (Fsp3) is 0.562. The number of ether oxygens (including phenoxy) is 1. The first kappa shape index (κ1) is 15.7. The van der Waals surface area contributed by atoms with Crippen LogP contribution in [0.25, 0.3) is 5.65 Å². The number of aromatic nitrogens is 3. The second-order valence-corrected chi connectivity index (χ2v) is 5.73. The molecule has 1 saturated heterocycles. The number of carbonyl (C=O) groups excluding carboxylic acids is 1. The molecule has 7 nitrogen and oxygen atoms in total. The molecule has 2 aromatic rings. The fourth-order valence-electron chi connectivity index (χ4n) is 2.92. The maximum atomic E-state index is 11.7. The van der Waals surface area contributed by atoms with Crippen molar-refractivity contribution in [3.63, 3.8) is 0 Å². The largest absolute Gasteiger partial charge is 0.450 e. The van der Waals surface area contributed by atoms with Crippen LogP contribution in [0.2, 0.25) is 0 Å². The lowest BCUT2D eigenvalue weighted by molar-refractivity contribution is 0.115. The Hall–Kier alpha value is -2.15. The Labute approximate surface area is 135 Å². The summed E-state index contributed by atoms with van der Waals surface area (Å²) in [5.74, 6) is 0.988. The zero-order valence-electron chi connectivity index (χ0n) is 13.4. The van der Waals surface area contributed by atoms with Gasteiger partial charge in [-0.3, -0.25) is 4.40 Å². The van der Waals surface area contributed by atoms with Crippen molar-refractivity contribution in [1.29, 1.82) is 0 Å². The van der Waals surface area contributed by atoms with Crippen LogP contribution in [0.3, 0.4) is 0 Å². The van der Waals surface area contributed by atoms with Gasteiger partial charge in [0.05, 0.1) is 6.61 Å². The molecule has 1 amide bonds. The summed E-state index contributed by atoms with van der Waals surface area (Å²) in [7, 11) is 0.